The number of aromatic nitrogens is 2. The Kier molecular flexibility index (Phi) is 5.53. The Labute approximate surface area is 192 Å². The van der Waals surface area contributed by atoms with E-state index in [4.69, 9.17) is 0 Å². The van der Waals surface area contributed by atoms with Gasteiger partial charge in [-0.1, -0.05) is 45.7 Å². The molecule has 0 saturated heterocycles. The number of fused-ring (bicyclic) bond motifs is 4. The lowest BCUT2D eigenvalue weighted by Gasteiger charge is -2.17. The highest BCUT2D eigenvalue weighted by molar-refractivity contribution is 6.03. The van der Waals surface area contributed by atoms with Crippen LogP contribution >= 0.6 is 0 Å². The van der Waals surface area contributed by atoms with Gasteiger partial charge in [-0.15, -0.1) is 0 Å². The number of benzene rings is 3. The van der Waals surface area contributed by atoms with Crippen LogP contribution in [0.2, 0.25) is 0 Å². The SMILES string of the molecule is CCCCCc1c(CC)c(CC)cc2[nH]c3cc4c(=O)c5ccccc5[nH]c4cc3c(=O)c12. The highest BCUT2D eigenvalue weighted by Gasteiger charge is 2.17. The van der Waals surface area contributed by atoms with Gasteiger partial charge >= 0.3 is 0 Å². The fourth-order valence-corrected chi connectivity index (χ4v) is 5.32. The Morgan fingerprint density at radius 2 is 1.36 bits per heavy atom. The minimum absolute atomic E-state index is 0.0157. The zero-order chi connectivity index (χ0) is 23.1. The normalized spacial score (nSPS) is 11.8. The number of para-hydroxylation sites is 1. The molecule has 4 nitrogen and oxygen atoms in total. The van der Waals surface area contributed by atoms with E-state index in [-0.39, 0.29) is 10.9 Å². The van der Waals surface area contributed by atoms with Gasteiger partial charge in [-0.05, 0) is 72.7 Å². The molecule has 5 rings (SSSR count). The summed E-state index contributed by atoms with van der Waals surface area (Å²) in [6.07, 6.45) is 6.18. The van der Waals surface area contributed by atoms with Crippen LogP contribution < -0.4 is 10.9 Å². The van der Waals surface area contributed by atoms with Crippen molar-refractivity contribution in [2.45, 2.75) is 59.3 Å². The average Bonchev–Trinajstić information content (AvgIpc) is 2.83. The van der Waals surface area contributed by atoms with Crippen LogP contribution in [0.5, 0.6) is 0 Å². The monoisotopic (exact) mass is 438 g/mol. The standard InChI is InChI=1S/C29H30N2O2/c1-4-7-8-11-19-18(6-3)17(5-2)14-26-27(19)29(33)22-16-24-21(15-25(22)31-26)28(32)20-12-9-10-13-23(20)30-24/h9-10,12-16H,4-8,11H2,1-3H3,(H,30,32)(H,31,33). The highest BCUT2D eigenvalue weighted by Crippen LogP contribution is 2.29. The van der Waals surface area contributed by atoms with Crippen molar-refractivity contribution in [1.82, 2.24) is 9.97 Å². The van der Waals surface area contributed by atoms with Crippen molar-refractivity contribution < 1.29 is 0 Å². The molecule has 4 heteroatoms. The number of nitrogens with one attached hydrogen (secondary N) is 2. The van der Waals surface area contributed by atoms with Gasteiger partial charge in [0, 0.05) is 27.1 Å². The summed E-state index contributed by atoms with van der Waals surface area (Å²) >= 11 is 0. The van der Waals surface area contributed by atoms with Gasteiger partial charge in [-0.25, -0.2) is 0 Å². The summed E-state index contributed by atoms with van der Waals surface area (Å²) in [5.41, 5.74) is 6.95. The van der Waals surface area contributed by atoms with E-state index >= 15 is 0 Å². The Hall–Kier alpha value is -3.40. The Morgan fingerprint density at radius 3 is 2.06 bits per heavy atom. The lowest BCUT2D eigenvalue weighted by Crippen LogP contribution is -2.12. The molecule has 0 fully saturated rings. The Bertz CT molecular complexity index is 1640. The third-order valence-electron chi connectivity index (χ3n) is 6.99. The first-order chi connectivity index (χ1) is 16.1. The summed E-state index contributed by atoms with van der Waals surface area (Å²) in [5.74, 6) is 0. The van der Waals surface area contributed by atoms with Gasteiger partial charge in [0.1, 0.15) is 0 Å². The molecule has 33 heavy (non-hydrogen) atoms. The van der Waals surface area contributed by atoms with Crippen LogP contribution in [0, 0.1) is 0 Å². The van der Waals surface area contributed by atoms with Crippen LogP contribution in [0.25, 0.3) is 43.6 Å². The molecule has 0 aliphatic carbocycles. The molecule has 0 aliphatic heterocycles. The predicted molar refractivity (Wildman–Crippen MR) is 140 cm³/mol. The van der Waals surface area contributed by atoms with Crippen molar-refractivity contribution in [2.75, 3.05) is 0 Å². The summed E-state index contributed by atoms with van der Waals surface area (Å²) in [6.45, 7) is 6.56. The van der Waals surface area contributed by atoms with E-state index in [9.17, 15) is 9.59 Å². The Morgan fingerprint density at radius 1 is 0.667 bits per heavy atom. The molecule has 0 aliphatic rings. The van der Waals surface area contributed by atoms with Crippen molar-refractivity contribution in [1.29, 1.82) is 0 Å². The van der Waals surface area contributed by atoms with Crippen LogP contribution in [0.1, 0.15) is 56.7 Å². The van der Waals surface area contributed by atoms with Gasteiger partial charge < -0.3 is 9.97 Å². The molecule has 0 bridgehead atoms. The molecule has 0 radical (unpaired) electrons. The maximum Gasteiger partial charge on any atom is 0.197 e. The molecule has 168 valence electrons. The minimum atomic E-state index is -0.0157. The van der Waals surface area contributed by atoms with Crippen LogP contribution in [0.15, 0.2) is 52.1 Å². The zero-order valence-electron chi connectivity index (χ0n) is 19.6. The van der Waals surface area contributed by atoms with Gasteiger partial charge in [0.05, 0.1) is 16.6 Å². The predicted octanol–water partition coefficient (Wildman–Crippen LogP) is 6.53. The van der Waals surface area contributed by atoms with Crippen molar-refractivity contribution in [3.05, 3.63) is 79.6 Å². The van der Waals surface area contributed by atoms with Crippen molar-refractivity contribution in [3.63, 3.8) is 0 Å². The Balaban J connectivity index is 1.88. The zero-order valence-corrected chi connectivity index (χ0v) is 19.6. The van der Waals surface area contributed by atoms with E-state index in [2.05, 4.69) is 36.8 Å². The largest absolute Gasteiger partial charge is 0.354 e. The van der Waals surface area contributed by atoms with E-state index in [0.717, 1.165) is 54.9 Å². The summed E-state index contributed by atoms with van der Waals surface area (Å²) < 4.78 is 0. The minimum Gasteiger partial charge on any atom is -0.354 e. The van der Waals surface area contributed by atoms with E-state index in [1.807, 2.05) is 36.4 Å². The van der Waals surface area contributed by atoms with Gasteiger partial charge in [0.2, 0.25) is 0 Å². The molecule has 0 saturated carbocycles. The van der Waals surface area contributed by atoms with Crippen LogP contribution in [0.4, 0.5) is 0 Å². The van der Waals surface area contributed by atoms with E-state index in [1.54, 1.807) is 0 Å². The molecule has 0 spiro atoms. The summed E-state index contributed by atoms with van der Waals surface area (Å²) in [7, 11) is 0. The summed E-state index contributed by atoms with van der Waals surface area (Å²) in [5, 5.41) is 2.70. The lowest BCUT2D eigenvalue weighted by atomic mass is 9.89. The second-order valence-electron chi connectivity index (χ2n) is 8.98. The summed E-state index contributed by atoms with van der Waals surface area (Å²) in [6, 6.07) is 13.4. The first-order valence-corrected chi connectivity index (χ1v) is 12.1. The van der Waals surface area contributed by atoms with Crippen molar-refractivity contribution >= 4 is 43.6 Å². The molecule has 2 N–H and O–H groups in total. The average molecular weight is 439 g/mol. The van der Waals surface area contributed by atoms with E-state index in [0.29, 0.717) is 27.2 Å². The number of pyridine rings is 2. The first kappa shape index (κ1) is 21.4. The molecule has 0 atom stereocenters. The molecule has 3 aromatic carbocycles. The molecular formula is C29H30N2O2. The quantitative estimate of drug-likeness (QED) is 0.234. The molecular weight excluding hydrogens is 408 g/mol. The molecule has 2 aromatic heterocycles. The number of aryl methyl sites for hydroxylation is 2. The molecule has 0 unspecified atom stereocenters. The smallest absolute Gasteiger partial charge is 0.197 e. The van der Waals surface area contributed by atoms with Crippen LogP contribution in [-0.4, -0.2) is 9.97 Å². The van der Waals surface area contributed by atoms with Gasteiger partial charge in [-0.2, -0.15) is 0 Å². The van der Waals surface area contributed by atoms with Crippen LogP contribution in [0.3, 0.4) is 0 Å². The fraction of sp³-hybridized carbons (Fsp3) is 0.310. The lowest BCUT2D eigenvalue weighted by molar-refractivity contribution is 0.715. The number of unbranched alkanes of at least 4 members (excludes halogenated alkanes) is 2. The number of hydrogen-bond donors (Lipinski definition) is 2. The number of H-pyrrole nitrogens is 2. The van der Waals surface area contributed by atoms with Crippen LogP contribution in [-0.2, 0) is 19.3 Å². The number of hydrogen-bond acceptors (Lipinski definition) is 2. The third-order valence-corrected chi connectivity index (χ3v) is 6.99. The van der Waals surface area contributed by atoms with Crippen molar-refractivity contribution in [3.8, 4) is 0 Å². The van der Waals surface area contributed by atoms with Gasteiger partial charge in [0.15, 0.2) is 10.9 Å². The number of rotatable bonds is 6. The maximum atomic E-state index is 13.9. The maximum absolute atomic E-state index is 13.9. The van der Waals surface area contributed by atoms with Crippen molar-refractivity contribution in [2.24, 2.45) is 0 Å². The second kappa shape index (κ2) is 8.51. The van der Waals surface area contributed by atoms with Gasteiger partial charge in [-0.3, -0.25) is 9.59 Å². The van der Waals surface area contributed by atoms with E-state index in [1.165, 1.54) is 16.7 Å². The summed E-state index contributed by atoms with van der Waals surface area (Å²) in [4.78, 5) is 33.9. The van der Waals surface area contributed by atoms with E-state index < -0.39 is 0 Å². The number of aromatic amines is 2. The highest BCUT2D eigenvalue weighted by atomic mass is 16.1. The van der Waals surface area contributed by atoms with Gasteiger partial charge in [0.25, 0.3) is 0 Å². The molecule has 5 aromatic rings. The second-order valence-corrected chi connectivity index (χ2v) is 8.98. The fourth-order valence-electron chi connectivity index (χ4n) is 5.32. The molecule has 2 heterocycles. The first-order valence-electron chi connectivity index (χ1n) is 12.1. The topological polar surface area (TPSA) is 65.7 Å². The third kappa shape index (κ3) is 3.45. The molecule has 0 amide bonds.